The SMILES string of the molecule is O=C(COc1cccc2cccnc12)N/N=C\c1ccn(-c2ccccc2)c1. The molecule has 0 fully saturated rings. The predicted molar refractivity (Wildman–Crippen MR) is 109 cm³/mol. The van der Waals surface area contributed by atoms with E-state index in [-0.39, 0.29) is 12.5 Å². The highest BCUT2D eigenvalue weighted by atomic mass is 16.5. The van der Waals surface area contributed by atoms with E-state index in [1.165, 1.54) is 0 Å². The van der Waals surface area contributed by atoms with Gasteiger partial charge in [0.05, 0.1) is 6.21 Å². The summed E-state index contributed by atoms with van der Waals surface area (Å²) < 4.78 is 7.58. The van der Waals surface area contributed by atoms with Crippen molar-refractivity contribution >= 4 is 23.0 Å². The smallest absolute Gasteiger partial charge is 0.277 e. The van der Waals surface area contributed by atoms with E-state index in [1.54, 1.807) is 18.5 Å². The Morgan fingerprint density at radius 3 is 2.82 bits per heavy atom. The molecule has 0 aliphatic carbocycles. The zero-order valence-electron chi connectivity index (χ0n) is 15.0. The summed E-state index contributed by atoms with van der Waals surface area (Å²) in [7, 11) is 0. The van der Waals surface area contributed by atoms with Gasteiger partial charge in [-0.15, -0.1) is 0 Å². The van der Waals surface area contributed by atoms with Crippen LogP contribution in [-0.2, 0) is 4.79 Å². The Hall–Kier alpha value is -3.93. The number of rotatable bonds is 6. The Labute approximate surface area is 162 Å². The molecule has 6 nitrogen and oxygen atoms in total. The summed E-state index contributed by atoms with van der Waals surface area (Å²) >= 11 is 0. The van der Waals surface area contributed by atoms with E-state index in [1.807, 2.05) is 77.6 Å². The molecule has 0 radical (unpaired) electrons. The molecule has 0 spiro atoms. The van der Waals surface area contributed by atoms with Gasteiger partial charge in [-0.2, -0.15) is 5.10 Å². The maximum Gasteiger partial charge on any atom is 0.277 e. The molecule has 4 rings (SSSR count). The number of hydrazone groups is 1. The normalized spacial score (nSPS) is 11.0. The lowest BCUT2D eigenvalue weighted by Crippen LogP contribution is -2.24. The number of carbonyl (C=O) groups is 1. The Morgan fingerprint density at radius 2 is 1.93 bits per heavy atom. The van der Waals surface area contributed by atoms with Crippen LogP contribution in [0.4, 0.5) is 0 Å². The largest absolute Gasteiger partial charge is 0.481 e. The van der Waals surface area contributed by atoms with Gasteiger partial charge in [0.1, 0.15) is 11.3 Å². The summed E-state index contributed by atoms with van der Waals surface area (Å²) in [6, 6.07) is 21.3. The highest BCUT2D eigenvalue weighted by molar-refractivity contribution is 5.85. The van der Waals surface area contributed by atoms with Crippen LogP contribution in [-0.4, -0.2) is 28.3 Å². The second-order valence-corrected chi connectivity index (χ2v) is 6.10. The fourth-order valence-electron chi connectivity index (χ4n) is 2.80. The number of aromatic nitrogens is 2. The molecule has 28 heavy (non-hydrogen) atoms. The van der Waals surface area contributed by atoms with Crippen LogP contribution in [0.5, 0.6) is 5.75 Å². The first-order valence-electron chi connectivity index (χ1n) is 8.81. The molecule has 0 atom stereocenters. The van der Waals surface area contributed by atoms with Crippen LogP contribution < -0.4 is 10.2 Å². The van der Waals surface area contributed by atoms with Crippen LogP contribution >= 0.6 is 0 Å². The minimum atomic E-state index is -0.341. The molecular formula is C22H18N4O2. The molecule has 4 aromatic rings. The van der Waals surface area contributed by atoms with E-state index in [0.717, 1.165) is 22.2 Å². The van der Waals surface area contributed by atoms with Crippen LogP contribution in [0.25, 0.3) is 16.6 Å². The number of benzene rings is 2. The van der Waals surface area contributed by atoms with Crippen molar-refractivity contribution in [3.8, 4) is 11.4 Å². The van der Waals surface area contributed by atoms with Crippen LogP contribution in [0, 0.1) is 0 Å². The van der Waals surface area contributed by atoms with Crippen LogP contribution in [0.2, 0.25) is 0 Å². The van der Waals surface area contributed by atoms with Gasteiger partial charge in [0.2, 0.25) is 0 Å². The molecular weight excluding hydrogens is 352 g/mol. The minimum absolute atomic E-state index is 0.141. The molecule has 2 heterocycles. The molecule has 0 bridgehead atoms. The summed E-state index contributed by atoms with van der Waals surface area (Å²) in [6.07, 6.45) is 7.16. The van der Waals surface area contributed by atoms with Gasteiger partial charge in [-0.3, -0.25) is 9.78 Å². The molecule has 2 aromatic heterocycles. The molecule has 1 amide bonds. The van der Waals surface area contributed by atoms with Crippen molar-refractivity contribution in [3.05, 3.63) is 90.9 Å². The number of nitrogens with one attached hydrogen (secondary N) is 1. The molecule has 0 aliphatic rings. The predicted octanol–water partition coefficient (Wildman–Crippen LogP) is 3.55. The molecule has 138 valence electrons. The molecule has 0 unspecified atom stereocenters. The molecule has 0 aliphatic heterocycles. The van der Waals surface area contributed by atoms with Crippen LogP contribution in [0.15, 0.2) is 90.4 Å². The molecule has 1 N–H and O–H groups in total. The lowest BCUT2D eigenvalue weighted by atomic mass is 10.2. The van der Waals surface area contributed by atoms with Gasteiger partial charge in [0, 0.05) is 35.2 Å². The van der Waals surface area contributed by atoms with Crippen molar-refractivity contribution in [2.45, 2.75) is 0 Å². The lowest BCUT2D eigenvalue weighted by Gasteiger charge is -2.07. The van der Waals surface area contributed by atoms with Gasteiger partial charge in [-0.05, 0) is 30.3 Å². The first-order chi connectivity index (χ1) is 13.8. The van der Waals surface area contributed by atoms with Crippen molar-refractivity contribution in [1.82, 2.24) is 15.0 Å². The van der Waals surface area contributed by atoms with E-state index in [9.17, 15) is 4.79 Å². The summed E-state index contributed by atoms with van der Waals surface area (Å²) in [4.78, 5) is 16.3. The second kappa shape index (κ2) is 8.18. The standard InChI is InChI=1S/C22H18N4O2/c27-21(16-28-20-10-4-6-18-7-5-12-23-22(18)20)25-24-14-17-11-13-26(15-17)19-8-2-1-3-9-19/h1-15H,16H2,(H,25,27)/b24-14-. The summed E-state index contributed by atoms with van der Waals surface area (Å²) in [5.41, 5.74) is 5.14. The number of hydrogen-bond donors (Lipinski definition) is 1. The van der Waals surface area contributed by atoms with Gasteiger partial charge in [0.25, 0.3) is 5.91 Å². The zero-order valence-corrected chi connectivity index (χ0v) is 15.0. The van der Waals surface area contributed by atoms with E-state index in [4.69, 9.17) is 4.74 Å². The summed E-state index contributed by atoms with van der Waals surface area (Å²) in [6.45, 7) is -0.141. The quantitative estimate of drug-likeness (QED) is 0.417. The zero-order chi connectivity index (χ0) is 19.2. The summed E-state index contributed by atoms with van der Waals surface area (Å²) in [5, 5.41) is 4.95. The van der Waals surface area contributed by atoms with Gasteiger partial charge in [-0.25, -0.2) is 5.43 Å². The number of hydrogen-bond acceptors (Lipinski definition) is 4. The van der Waals surface area contributed by atoms with Crippen molar-refractivity contribution in [3.63, 3.8) is 0 Å². The highest BCUT2D eigenvalue weighted by Crippen LogP contribution is 2.22. The Morgan fingerprint density at radius 1 is 1.07 bits per heavy atom. The van der Waals surface area contributed by atoms with Crippen molar-refractivity contribution in [2.75, 3.05) is 6.61 Å². The van der Waals surface area contributed by atoms with Crippen LogP contribution in [0.1, 0.15) is 5.56 Å². The third kappa shape index (κ3) is 4.07. The average molecular weight is 370 g/mol. The van der Waals surface area contributed by atoms with Gasteiger partial charge < -0.3 is 9.30 Å². The second-order valence-electron chi connectivity index (χ2n) is 6.10. The molecule has 0 saturated heterocycles. The van der Waals surface area contributed by atoms with Crippen molar-refractivity contribution in [2.24, 2.45) is 5.10 Å². The third-order valence-corrected chi connectivity index (χ3v) is 4.13. The average Bonchev–Trinajstić information content (AvgIpc) is 3.22. The lowest BCUT2D eigenvalue weighted by molar-refractivity contribution is -0.123. The summed E-state index contributed by atoms with van der Waals surface area (Å²) in [5.74, 6) is 0.226. The molecule has 0 saturated carbocycles. The number of amides is 1. The number of fused-ring (bicyclic) bond motifs is 1. The van der Waals surface area contributed by atoms with E-state index in [0.29, 0.717) is 5.75 Å². The Bertz CT molecular complexity index is 1110. The van der Waals surface area contributed by atoms with Gasteiger partial charge in [-0.1, -0.05) is 36.4 Å². The van der Waals surface area contributed by atoms with E-state index in [2.05, 4.69) is 15.5 Å². The third-order valence-electron chi connectivity index (χ3n) is 4.13. The highest BCUT2D eigenvalue weighted by Gasteiger charge is 2.06. The number of carbonyl (C=O) groups excluding carboxylic acids is 1. The first-order valence-corrected chi connectivity index (χ1v) is 8.81. The number of pyridine rings is 1. The fraction of sp³-hybridized carbons (Fsp3) is 0.0455. The molecule has 6 heteroatoms. The first kappa shape index (κ1) is 17.5. The Kier molecular flexibility index (Phi) is 5.11. The number of nitrogens with zero attached hydrogens (tertiary/aromatic N) is 3. The number of para-hydroxylation sites is 2. The maximum absolute atomic E-state index is 12.0. The topological polar surface area (TPSA) is 68.5 Å². The van der Waals surface area contributed by atoms with E-state index < -0.39 is 0 Å². The van der Waals surface area contributed by atoms with Crippen molar-refractivity contribution in [1.29, 1.82) is 0 Å². The molecule has 2 aromatic carbocycles. The van der Waals surface area contributed by atoms with Crippen molar-refractivity contribution < 1.29 is 9.53 Å². The van der Waals surface area contributed by atoms with Crippen LogP contribution in [0.3, 0.4) is 0 Å². The van der Waals surface area contributed by atoms with E-state index >= 15 is 0 Å². The maximum atomic E-state index is 12.0. The Balaban J connectivity index is 1.33. The monoisotopic (exact) mass is 370 g/mol. The number of ether oxygens (including phenoxy) is 1. The minimum Gasteiger partial charge on any atom is -0.481 e. The van der Waals surface area contributed by atoms with Gasteiger partial charge >= 0.3 is 0 Å². The van der Waals surface area contributed by atoms with Gasteiger partial charge in [0.15, 0.2) is 6.61 Å². The fourth-order valence-corrected chi connectivity index (χ4v) is 2.80.